The molecule has 1 atom stereocenters. The summed E-state index contributed by atoms with van der Waals surface area (Å²) in [6.45, 7) is 3.53. The van der Waals surface area contributed by atoms with Crippen molar-refractivity contribution >= 4 is 29.1 Å². The van der Waals surface area contributed by atoms with Gasteiger partial charge < -0.3 is 30.2 Å². The van der Waals surface area contributed by atoms with Crippen LogP contribution in [0, 0.1) is 0 Å². The molecule has 0 radical (unpaired) electrons. The molecule has 0 aliphatic carbocycles. The molecule has 2 aromatic carbocycles. The number of amides is 1. The first-order valence-electron chi connectivity index (χ1n) is 15.9. The van der Waals surface area contributed by atoms with Gasteiger partial charge in [0.15, 0.2) is 0 Å². The fraction of sp³-hybridized carbons (Fsp3) is 0.361. The van der Waals surface area contributed by atoms with Crippen LogP contribution in [-0.4, -0.2) is 61.9 Å². The van der Waals surface area contributed by atoms with Crippen LogP contribution in [0.1, 0.15) is 36.8 Å². The lowest BCUT2D eigenvalue weighted by molar-refractivity contribution is -0.119. The van der Waals surface area contributed by atoms with Gasteiger partial charge in [0.1, 0.15) is 5.75 Å². The van der Waals surface area contributed by atoms with Gasteiger partial charge in [-0.2, -0.15) is 0 Å². The molecule has 3 N–H and O–H groups in total. The normalized spacial score (nSPS) is 16.7. The number of aromatic nitrogens is 2. The van der Waals surface area contributed by atoms with E-state index in [9.17, 15) is 4.79 Å². The second-order valence-corrected chi connectivity index (χ2v) is 12.5. The van der Waals surface area contributed by atoms with Gasteiger partial charge in [-0.05, 0) is 37.5 Å². The van der Waals surface area contributed by atoms with Crippen molar-refractivity contribution < 1.29 is 19.0 Å². The third kappa shape index (κ3) is 7.71. The highest BCUT2D eigenvalue weighted by Crippen LogP contribution is 2.42. The number of carbonyl (C=O) groups is 1. The standard InChI is InChI=1S/C36H39Cl2N5O4/c1-45-31-18-22(6-7-23(31)20-41-25-13-16-47-17-14-25)35-34(38)28(12-15-40-35)27-4-3-5-29(33(27)37)30-10-8-24(36(43-30)46-2)19-39-21-26-9-11-32(44)42-26/h3-8,10,12,15,18,25-26,39,41H,9,11,13-14,16-17,19-21H2,1-2H3,(H,42,44)/t26-/m0/s1. The molecular weight excluding hydrogens is 637 g/mol. The number of hydrogen-bond acceptors (Lipinski definition) is 8. The molecule has 2 aliphatic rings. The van der Waals surface area contributed by atoms with Gasteiger partial charge in [-0.3, -0.25) is 9.78 Å². The largest absolute Gasteiger partial charge is 0.496 e. The van der Waals surface area contributed by atoms with Crippen molar-refractivity contribution in [1.29, 1.82) is 0 Å². The van der Waals surface area contributed by atoms with Gasteiger partial charge in [-0.1, -0.05) is 59.6 Å². The maximum absolute atomic E-state index is 11.5. The number of ether oxygens (including phenoxy) is 3. The lowest BCUT2D eigenvalue weighted by Gasteiger charge is -2.23. The van der Waals surface area contributed by atoms with Crippen LogP contribution < -0.4 is 25.4 Å². The second kappa shape index (κ2) is 15.4. The molecule has 4 aromatic rings. The molecule has 2 aliphatic heterocycles. The number of nitrogens with one attached hydrogen (secondary N) is 3. The van der Waals surface area contributed by atoms with Crippen LogP contribution in [0.2, 0.25) is 10.0 Å². The zero-order valence-electron chi connectivity index (χ0n) is 26.6. The van der Waals surface area contributed by atoms with E-state index in [2.05, 4.69) is 27.0 Å². The Morgan fingerprint density at radius 2 is 1.70 bits per heavy atom. The molecule has 4 heterocycles. The summed E-state index contributed by atoms with van der Waals surface area (Å²) in [5.74, 6) is 1.39. The van der Waals surface area contributed by atoms with Crippen LogP contribution >= 0.6 is 23.2 Å². The Morgan fingerprint density at radius 1 is 0.915 bits per heavy atom. The van der Waals surface area contributed by atoms with Gasteiger partial charge >= 0.3 is 0 Å². The second-order valence-electron chi connectivity index (χ2n) is 11.8. The lowest BCUT2D eigenvalue weighted by atomic mass is 9.99. The highest BCUT2D eigenvalue weighted by Gasteiger charge is 2.21. The third-order valence-electron chi connectivity index (χ3n) is 8.74. The number of carbonyl (C=O) groups excluding carboxylic acids is 1. The highest BCUT2D eigenvalue weighted by atomic mass is 35.5. The van der Waals surface area contributed by atoms with Crippen molar-refractivity contribution in [3.8, 4) is 45.3 Å². The summed E-state index contributed by atoms with van der Waals surface area (Å²) in [6, 6.07) is 18.3. The van der Waals surface area contributed by atoms with E-state index in [-0.39, 0.29) is 11.9 Å². The topological polar surface area (TPSA) is 107 Å². The summed E-state index contributed by atoms with van der Waals surface area (Å²) < 4.78 is 16.9. The molecule has 246 valence electrons. The number of hydrogen-bond donors (Lipinski definition) is 3. The maximum Gasteiger partial charge on any atom is 0.220 e. The van der Waals surface area contributed by atoms with E-state index in [0.29, 0.717) is 59.4 Å². The molecule has 0 bridgehead atoms. The Balaban J connectivity index is 1.22. The van der Waals surface area contributed by atoms with Gasteiger partial charge in [-0.15, -0.1) is 0 Å². The minimum atomic E-state index is 0.104. The van der Waals surface area contributed by atoms with Crippen LogP contribution in [0.5, 0.6) is 11.6 Å². The molecule has 0 unspecified atom stereocenters. The average Bonchev–Trinajstić information content (AvgIpc) is 3.52. The molecule has 9 nitrogen and oxygen atoms in total. The summed E-state index contributed by atoms with van der Waals surface area (Å²) in [4.78, 5) is 20.9. The third-order valence-corrected chi connectivity index (χ3v) is 9.53. The summed E-state index contributed by atoms with van der Waals surface area (Å²) >= 11 is 14.1. The first-order valence-corrected chi connectivity index (χ1v) is 16.7. The van der Waals surface area contributed by atoms with E-state index in [0.717, 1.165) is 71.6 Å². The van der Waals surface area contributed by atoms with Crippen LogP contribution in [0.3, 0.4) is 0 Å². The fourth-order valence-electron chi connectivity index (χ4n) is 6.13. The Morgan fingerprint density at radius 3 is 2.47 bits per heavy atom. The van der Waals surface area contributed by atoms with Crippen molar-refractivity contribution in [3.63, 3.8) is 0 Å². The minimum Gasteiger partial charge on any atom is -0.496 e. The summed E-state index contributed by atoms with van der Waals surface area (Å²) in [7, 11) is 3.28. The van der Waals surface area contributed by atoms with Crippen molar-refractivity contribution in [2.24, 2.45) is 0 Å². The van der Waals surface area contributed by atoms with Crippen LogP contribution in [-0.2, 0) is 22.6 Å². The lowest BCUT2D eigenvalue weighted by Crippen LogP contribution is -2.35. The fourth-order valence-corrected chi connectivity index (χ4v) is 6.77. The predicted octanol–water partition coefficient (Wildman–Crippen LogP) is 6.44. The summed E-state index contributed by atoms with van der Waals surface area (Å²) in [6.07, 6.45) is 5.17. The smallest absolute Gasteiger partial charge is 0.220 e. The average molecular weight is 677 g/mol. The number of pyridine rings is 2. The molecule has 2 aromatic heterocycles. The Labute approximate surface area is 285 Å². The van der Waals surface area contributed by atoms with Crippen molar-refractivity contribution in [2.75, 3.05) is 34.0 Å². The Kier molecular flexibility index (Phi) is 10.9. The number of halogens is 2. The number of rotatable bonds is 12. The molecule has 2 fully saturated rings. The first-order chi connectivity index (χ1) is 22.9. The van der Waals surface area contributed by atoms with Gasteiger partial charge in [0.25, 0.3) is 0 Å². The molecule has 6 rings (SSSR count). The van der Waals surface area contributed by atoms with E-state index in [4.69, 9.17) is 42.4 Å². The van der Waals surface area contributed by atoms with Crippen molar-refractivity contribution in [2.45, 2.75) is 50.9 Å². The van der Waals surface area contributed by atoms with E-state index in [1.165, 1.54) is 0 Å². The molecule has 1 amide bonds. The van der Waals surface area contributed by atoms with E-state index < -0.39 is 0 Å². The molecule has 11 heteroatoms. The molecule has 2 saturated heterocycles. The summed E-state index contributed by atoms with van der Waals surface area (Å²) in [5, 5.41) is 11.0. The van der Waals surface area contributed by atoms with Crippen LogP contribution in [0.15, 0.2) is 60.8 Å². The van der Waals surface area contributed by atoms with Gasteiger partial charge in [0.05, 0.1) is 35.7 Å². The highest BCUT2D eigenvalue weighted by molar-refractivity contribution is 6.39. The van der Waals surface area contributed by atoms with Crippen LogP contribution in [0.4, 0.5) is 0 Å². The number of methoxy groups -OCH3 is 2. The SMILES string of the molecule is COc1cc(-c2nccc(-c3cccc(-c4ccc(CNC[C@@H]5CCC(=O)N5)c(OC)n4)c3Cl)c2Cl)ccc1CNC1CCOCC1. The molecule has 0 saturated carbocycles. The van der Waals surface area contributed by atoms with Crippen molar-refractivity contribution in [1.82, 2.24) is 25.9 Å². The monoisotopic (exact) mass is 675 g/mol. The van der Waals surface area contributed by atoms with E-state index >= 15 is 0 Å². The van der Waals surface area contributed by atoms with E-state index in [1.807, 2.05) is 48.5 Å². The Hall–Kier alpha value is -3.73. The predicted molar refractivity (Wildman–Crippen MR) is 185 cm³/mol. The summed E-state index contributed by atoms with van der Waals surface area (Å²) in [5.41, 5.74) is 6.44. The number of nitrogens with zero attached hydrogens (tertiary/aromatic N) is 2. The quantitative estimate of drug-likeness (QED) is 0.158. The van der Waals surface area contributed by atoms with Crippen LogP contribution in [0.25, 0.3) is 33.6 Å². The van der Waals surface area contributed by atoms with Gasteiger partial charge in [0, 0.05) is 90.9 Å². The zero-order valence-corrected chi connectivity index (χ0v) is 28.1. The zero-order chi connectivity index (χ0) is 32.8. The maximum atomic E-state index is 11.5. The van der Waals surface area contributed by atoms with Crippen molar-refractivity contribution in [3.05, 3.63) is 82.0 Å². The van der Waals surface area contributed by atoms with Gasteiger partial charge in [0.2, 0.25) is 11.8 Å². The van der Waals surface area contributed by atoms with Gasteiger partial charge in [-0.25, -0.2) is 4.98 Å². The minimum absolute atomic E-state index is 0.104. The number of benzene rings is 2. The van der Waals surface area contributed by atoms with E-state index in [1.54, 1.807) is 20.4 Å². The molecule has 0 spiro atoms. The molecule has 47 heavy (non-hydrogen) atoms. The molecular formula is C36H39Cl2N5O4. The first kappa shape index (κ1) is 33.2. The Bertz CT molecular complexity index is 1730.